The summed E-state index contributed by atoms with van der Waals surface area (Å²) in [4.78, 5) is 39.1. The zero-order valence-corrected chi connectivity index (χ0v) is 21.6. The summed E-state index contributed by atoms with van der Waals surface area (Å²) >= 11 is 12.7. The van der Waals surface area contributed by atoms with Gasteiger partial charge in [0, 0.05) is 27.2 Å². The lowest BCUT2D eigenvalue weighted by atomic mass is 9.94. The van der Waals surface area contributed by atoms with Crippen molar-refractivity contribution in [2.24, 2.45) is 0 Å². The van der Waals surface area contributed by atoms with Crippen molar-refractivity contribution in [2.45, 2.75) is 19.4 Å². The number of esters is 1. The van der Waals surface area contributed by atoms with Crippen LogP contribution in [0.4, 0.5) is 0 Å². The molecular formula is C25H25Cl2NO8. The Labute approximate surface area is 218 Å². The van der Waals surface area contributed by atoms with Crippen molar-refractivity contribution in [3.63, 3.8) is 0 Å². The number of rotatable bonds is 9. The van der Waals surface area contributed by atoms with E-state index < -0.39 is 29.5 Å². The first-order valence-electron chi connectivity index (χ1n) is 10.8. The fraction of sp³-hybridized carbons (Fsp3) is 0.320. The molecule has 192 valence electrons. The average molecular weight is 538 g/mol. The molecule has 1 atom stereocenters. The van der Waals surface area contributed by atoms with Crippen LogP contribution in [0.15, 0.2) is 35.9 Å². The van der Waals surface area contributed by atoms with Gasteiger partial charge >= 0.3 is 5.97 Å². The Morgan fingerprint density at radius 3 is 2.39 bits per heavy atom. The lowest BCUT2D eigenvalue weighted by molar-refractivity contribution is -0.140. The molecule has 36 heavy (non-hydrogen) atoms. The fourth-order valence-electron chi connectivity index (χ4n) is 4.04. The van der Waals surface area contributed by atoms with E-state index in [1.165, 1.54) is 45.3 Å². The molecule has 1 saturated heterocycles. The van der Waals surface area contributed by atoms with Crippen molar-refractivity contribution < 1.29 is 38.4 Å². The number of nitrogens with zero attached hydrogens (tertiary/aromatic N) is 1. The molecule has 1 aliphatic heterocycles. The number of aliphatic hydroxyl groups is 1. The number of ketones is 1. The molecule has 0 aromatic heterocycles. The van der Waals surface area contributed by atoms with Crippen LogP contribution in [0.3, 0.4) is 0 Å². The Balaban J connectivity index is 2.26. The second kappa shape index (κ2) is 11.6. The van der Waals surface area contributed by atoms with Crippen molar-refractivity contribution in [3.05, 3.63) is 57.1 Å². The van der Waals surface area contributed by atoms with E-state index in [0.29, 0.717) is 18.6 Å². The number of amides is 1. The van der Waals surface area contributed by atoms with E-state index in [9.17, 15) is 19.5 Å². The van der Waals surface area contributed by atoms with Gasteiger partial charge in [0.2, 0.25) is 0 Å². The third-order valence-corrected chi connectivity index (χ3v) is 6.14. The Hall–Kier alpha value is -3.27. The molecule has 11 heteroatoms. The lowest BCUT2D eigenvalue weighted by Crippen LogP contribution is -2.31. The monoisotopic (exact) mass is 537 g/mol. The second-order valence-electron chi connectivity index (χ2n) is 7.79. The van der Waals surface area contributed by atoms with E-state index >= 15 is 0 Å². The number of carbonyl (C=O) groups is 3. The van der Waals surface area contributed by atoms with Gasteiger partial charge in [-0.05, 0) is 30.2 Å². The molecule has 0 bridgehead atoms. The van der Waals surface area contributed by atoms with E-state index in [0.717, 1.165) is 0 Å². The maximum atomic E-state index is 13.2. The molecule has 1 aliphatic rings. The van der Waals surface area contributed by atoms with Gasteiger partial charge in [-0.25, -0.2) is 0 Å². The zero-order chi connectivity index (χ0) is 26.6. The SMILES string of the molecule is COCCCN1C(=O)C(=O)/C(=C(/O)c2cc(Cl)c(OC)c(Cl)c2OC)C1c1cccc(OC(C)=O)c1. The summed E-state index contributed by atoms with van der Waals surface area (Å²) in [5.41, 5.74) is 0.244. The van der Waals surface area contributed by atoms with Crippen LogP contribution in [0.2, 0.25) is 10.0 Å². The van der Waals surface area contributed by atoms with E-state index in [1.54, 1.807) is 18.2 Å². The van der Waals surface area contributed by atoms with Gasteiger partial charge in [0.25, 0.3) is 11.7 Å². The first-order valence-corrected chi connectivity index (χ1v) is 11.6. The van der Waals surface area contributed by atoms with Crippen LogP contribution in [0.1, 0.15) is 30.5 Å². The lowest BCUT2D eigenvalue weighted by Gasteiger charge is -2.26. The quantitative estimate of drug-likeness (QED) is 0.125. The Kier molecular flexibility index (Phi) is 8.84. The standard InChI is InChI=1S/C25H25Cl2NO8/c1-13(29)36-15-8-5-7-14(11-15)20-18(22(31)25(32)28(20)9-6-10-33-2)21(30)16-12-17(26)24(35-4)19(27)23(16)34-3/h5,7-8,11-12,20,30H,6,9-10H2,1-4H3/b21-18+. The van der Waals surface area contributed by atoms with Gasteiger partial charge in [0.05, 0.1) is 36.4 Å². The second-order valence-corrected chi connectivity index (χ2v) is 8.58. The Bertz CT molecular complexity index is 1230. The first kappa shape index (κ1) is 27.3. The molecular weight excluding hydrogens is 513 g/mol. The molecule has 1 N–H and O–H groups in total. The van der Waals surface area contributed by atoms with Gasteiger partial charge in [-0.15, -0.1) is 0 Å². The molecule has 1 fully saturated rings. The molecule has 2 aromatic carbocycles. The van der Waals surface area contributed by atoms with Gasteiger partial charge in [-0.2, -0.15) is 0 Å². The van der Waals surface area contributed by atoms with Gasteiger partial charge in [0.15, 0.2) is 11.5 Å². The topological polar surface area (TPSA) is 112 Å². The fourth-order valence-corrected chi connectivity index (χ4v) is 4.73. The third-order valence-electron chi connectivity index (χ3n) is 5.52. The van der Waals surface area contributed by atoms with Crippen molar-refractivity contribution in [3.8, 4) is 17.2 Å². The molecule has 1 heterocycles. The van der Waals surface area contributed by atoms with Crippen molar-refractivity contribution >= 4 is 46.6 Å². The van der Waals surface area contributed by atoms with Crippen LogP contribution < -0.4 is 14.2 Å². The predicted molar refractivity (Wildman–Crippen MR) is 133 cm³/mol. The number of hydrogen-bond donors (Lipinski definition) is 1. The number of likely N-dealkylation sites (tertiary alicyclic amines) is 1. The minimum atomic E-state index is -0.998. The van der Waals surface area contributed by atoms with Crippen LogP contribution in [-0.2, 0) is 19.1 Å². The number of halogens is 2. The summed E-state index contributed by atoms with van der Waals surface area (Å²) in [6.07, 6.45) is 0.438. The molecule has 1 amide bonds. The van der Waals surface area contributed by atoms with Crippen LogP contribution in [0.5, 0.6) is 17.2 Å². The van der Waals surface area contributed by atoms with Gasteiger partial charge in [0.1, 0.15) is 16.5 Å². The van der Waals surface area contributed by atoms with Crippen molar-refractivity contribution in [2.75, 3.05) is 34.5 Å². The number of aliphatic hydroxyl groups excluding tert-OH is 1. The number of Topliss-reactive ketones (excluding diaryl/α,β-unsaturated/α-hetero) is 1. The molecule has 0 saturated carbocycles. The molecule has 9 nitrogen and oxygen atoms in total. The summed E-state index contributed by atoms with van der Waals surface area (Å²) in [5, 5.41) is 11.4. The van der Waals surface area contributed by atoms with E-state index in [4.69, 9.17) is 42.1 Å². The molecule has 0 radical (unpaired) electrons. The number of benzene rings is 2. The molecule has 1 unspecified atom stereocenters. The summed E-state index contributed by atoms with van der Waals surface area (Å²) in [5.74, 6) is -2.43. The van der Waals surface area contributed by atoms with Crippen LogP contribution in [-0.4, -0.2) is 62.1 Å². The molecule has 2 aromatic rings. The van der Waals surface area contributed by atoms with Gasteiger partial charge in [-0.1, -0.05) is 35.3 Å². The third kappa shape index (κ3) is 5.28. The van der Waals surface area contributed by atoms with E-state index in [-0.39, 0.29) is 45.0 Å². The van der Waals surface area contributed by atoms with E-state index in [2.05, 4.69) is 0 Å². The maximum Gasteiger partial charge on any atom is 0.308 e. The maximum absolute atomic E-state index is 13.2. The highest BCUT2D eigenvalue weighted by molar-refractivity contribution is 6.47. The van der Waals surface area contributed by atoms with Gasteiger partial charge < -0.3 is 29.0 Å². The summed E-state index contributed by atoms with van der Waals surface area (Å²) in [6, 6.07) is 6.70. The molecule has 0 aliphatic carbocycles. The van der Waals surface area contributed by atoms with E-state index in [1.807, 2.05) is 0 Å². The van der Waals surface area contributed by atoms with Crippen LogP contribution in [0, 0.1) is 0 Å². The number of carbonyl (C=O) groups excluding carboxylic acids is 3. The van der Waals surface area contributed by atoms with Crippen molar-refractivity contribution in [1.29, 1.82) is 0 Å². The minimum absolute atomic E-state index is 0.00401. The summed E-state index contributed by atoms with van der Waals surface area (Å²) in [7, 11) is 4.22. The number of methoxy groups -OCH3 is 3. The Morgan fingerprint density at radius 2 is 1.78 bits per heavy atom. The smallest absolute Gasteiger partial charge is 0.308 e. The van der Waals surface area contributed by atoms with Crippen LogP contribution >= 0.6 is 23.2 Å². The summed E-state index contributed by atoms with van der Waals surface area (Å²) in [6.45, 7) is 1.77. The summed E-state index contributed by atoms with van der Waals surface area (Å²) < 4.78 is 20.8. The predicted octanol–water partition coefficient (Wildman–Crippen LogP) is 4.39. The highest BCUT2D eigenvalue weighted by Gasteiger charge is 2.46. The van der Waals surface area contributed by atoms with Gasteiger partial charge in [-0.3, -0.25) is 14.4 Å². The number of hydrogen-bond acceptors (Lipinski definition) is 8. The normalized spacial score (nSPS) is 16.8. The number of ether oxygens (including phenoxy) is 4. The molecule has 3 rings (SSSR count). The van der Waals surface area contributed by atoms with Crippen molar-refractivity contribution in [1.82, 2.24) is 4.90 Å². The first-order chi connectivity index (χ1) is 17.2. The average Bonchev–Trinajstić information content (AvgIpc) is 3.08. The minimum Gasteiger partial charge on any atom is -0.507 e. The zero-order valence-electron chi connectivity index (χ0n) is 20.1. The highest BCUT2D eigenvalue weighted by atomic mass is 35.5. The van der Waals surface area contributed by atoms with Crippen LogP contribution in [0.25, 0.3) is 5.76 Å². The Morgan fingerprint density at radius 1 is 1.08 bits per heavy atom. The highest BCUT2D eigenvalue weighted by Crippen LogP contribution is 2.47. The largest absolute Gasteiger partial charge is 0.507 e. The molecule has 0 spiro atoms.